The van der Waals surface area contributed by atoms with Gasteiger partial charge in [-0.2, -0.15) is 10.5 Å². The van der Waals surface area contributed by atoms with Gasteiger partial charge in [0.05, 0.1) is 29.2 Å². The summed E-state index contributed by atoms with van der Waals surface area (Å²) in [5.74, 6) is 0.115. The number of nitrogens with one attached hydrogen (secondary N) is 1. The highest BCUT2D eigenvalue weighted by Crippen LogP contribution is 2.36. The summed E-state index contributed by atoms with van der Waals surface area (Å²) in [6.07, 6.45) is 0.831. The molecule has 0 saturated heterocycles. The van der Waals surface area contributed by atoms with Crippen molar-refractivity contribution in [2.24, 2.45) is 5.41 Å². The summed E-state index contributed by atoms with van der Waals surface area (Å²) in [7, 11) is 0. The lowest BCUT2D eigenvalue weighted by atomic mass is 9.79. The fourth-order valence-corrected chi connectivity index (χ4v) is 5.61. The molecule has 0 spiro atoms. The maximum Gasteiger partial charge on any atom is 0.0991 e. The Hall–Kier alpha value is -3.45. The number of nitrogens with zero attached hydrogens (tertiary/aromatic N) is 2. The van der Waals surface area contributed by atoms with Crippen molar-refractivity contribution in [3.8, 4) is 23.3 Å². The van der Waals surface area contributed by atoms with Crippen molar-refractivity contribution in [3.63, 3.8) is 0 Å². The van der Waals surface area contributed by atoms with E-state index in [9.17, 15) is 10.5 Å². The molecule has 0 aliphatic heterocycles. The zero-order valence-electron chi connectivity index (χ0n) is 22.7. The Morgan fingerprint density at radius 2 is 1.41 bits per heavy atom. The number of rotatable bonds is 10. The Labute approximate surface area is 246 Å². The van der Waals surface area contributed by atoms with Crippen molar-refractivity contribution in [3.05, 3.63) is 131 Å². The molecule has 4 aromatic carbocycles. The van der Waals surface area contributed by atoms with Crippen LogP contribution in [0.2, 0.25) is 0 Å². The van der Waals surface area contributed by atoms with Crippen molar-refractivity contribution in [2.45, 2.75) is 49.6 Å². The van der Waals surface area contributed by atoms with Crippen molar-refractivity contribution in [2.75, 3.05) is 0 Å². The monoisotopic (exact) mass is 623 g/mol. The molecule has 0 bridgehead atoms. The van der Waals surface area contributed by atoms with Crippen LogP contribution in [-0.4, -0.2) is 6.04 Å². The molecule has 1 unspecified atom stereocenters. The Bertz CT molecular complexity index is 1450. The maximum atomic E-state index is 10.2. The van der Waals surface area contributed by atoms with E-state index in [4.69, 9.17) is 0 Å². The van der Waals surface area contributed by atoms with Gasteiger partial charge in [0.25, 0.3) is 0 Å². The van der Waals surface area contributed by atoms with Crippen LogP contribution in [0.3, 0.4) is 0 Å². The van der Waals surface area contributed by atoms with E-state index in [1.807, 2.05) is 50.2 Å². The first-order valence-corrected chi connectivity index (χ1v) is 14.8. The molecule has 1 N–H and O–H groups in total. The largest absolute Gasteiger partial charge is 0.305 e. The van der Waals surface area contributed by atoms with Crippen LogP contribution in [0.1, 0.15) is 60.5 Å². The zero-order chi connectivity index (χ0) is 27.8. The Morgan fingerprint density at radius 3 is 2.03 bits per heavy atom. The van der Waals surface area contributed by atoms with Crippen LogP contribution in [0, 0.1) is 28.1 Å². The second kappa shape index (κ2) is 13.1. The van der Waals surface area contributed by atoms with E-state index in [2.05, 4.69) is 114 Å². The van der Waals surface area contributed by atoms with Crippen LogP contribution in [0.25, 0.3) is 11.1 Å². The van der Waals surface area contributed by atoms with E-state index in [0.717, 1.165) is 27.5 Å². The number of hydrogen-bond donors (Lipinski definition) is 1. The molecule has 0 aromatic heterocycles. The maximum absolute atomic E-state index is 10.2. The molecule has 3 atom stereocenters. The molecule has 39 heavy (non-hydrogen) atoms. The third-order valence-corrected chi connectivity index (χ3v) is 8.35. The van der Waals surface area contributed by atoms with Gasteiger partial charge >= 0.3 is 0 Å². The van der Waals surface area contributed by atoms with Gasteiger partial charge < -0.3 is 5.32 Å². The van der Waals surface area contributed by atoms with Crippen LogP contribution in [0.4, 0.5) is 0 Å². The zero-order valence-corrected chi connectivity index (χ0v) is 24.9. The summed E-state index contributed by atoms with van der Waals surface area (Å²) in [5.41, 5.74) is 7.13. The van der Waals surface area contributed by atoms with Gasteiger partial charge in [0.15, 0.2) is 0 Å². The quantitative estimate of drug-likeness (QED) is 0.142. The first-order valence-electron chi connectivity index (χ1n) is 13.3. The van der Waals surface area contributed by atoms with Crippen LogP contribution in [0.5, 0.6) is 0 Å². The standard InChI is InChI=1S/C35H34IN3/c1-25(33(32-11-7-8-28(20-32)23-37)21-26-12-14-27(22-36)15-13-26)39-34(35(2,3)24-38)31-18-16-30(17-19-31)29-9-5-4-6-10-29/h4-20,25,33-34,39H,21-22H2,1-3H3/t25-,33+,34?/m0/s1. The molecule has 0 radical (unpaired) electrons. The number of nitriles is 2. The van der Waals surface area contributed by atoms with Gasteiger partial charge in [0, 0.05) is 16.4 Å². The van der Waals surface area contributed by atoms with E-state index < -0.39 is 5.41 Å². The summed E-state index contributed by atoms with van der Waals surface area (Å²) >= 11 is 2.39. The van der Waals surface area contributed by atoms with E-state index in [1.165, 1.54) is 16.7 Å². The summed E-state index contributed by atoms with van der Waals surface area (Å²) in [4.78, 5) is 0. The summed E-state index contributed by atoms with van der Waals surface area (Å²) in [6.45, 7) is 6.19. The van der Waals surface area contributed by atoms with Gasteiger partial charge in [-0.15, -0.1) is 0 Å². The molecule has 4 aromatic rings. The van der Waals surface area contributed by atoms with E-state index >= 15 is 0 Å². The smallest absolute Gasteiger partial charge is 0.0991 e. The molecule has 0 aliphatic carbocycles. The molecule has 196 valence electrons. The summed E-state index contributed by atoms with van der Waals surface area (Å²) in [6, 6.07) is 40.3. The second-order valence-electron chi connectivity index (χ2n) is 10.7. The Balaban J connectivity index is 1.67. The van der Waals surface area contributed by atoms with Gasteiger partial charge in [-0.3, -0.25) is 0 Å². The van der Waals surface area contributed by atoms with Crippen LogP contribution in [0.15, 0.2) is 103 Å². The van der Waals surface area contributed by atoms with Gasteiger partial charge in [0.1, 0.15) is 0 Å². The highest BCUT2D eigenvalue weighted by molar-refractivity contribution is 14.1. The summed E-state index contributed by atoms with van der Waals surface area (Å²) in [5, 5.41) is 23.6. The SMILES string of the molecule is C[C@H](NC(c1ccc(-c2ccccc2)cc1)C(C)(C)C#N)[C@@H](Cc1ccc(CI)cc1)c1cccc(C#N)c1. The fourth-order valence-electron chi connectivity index (χ4n) is 5.10. The van der Waals surface area contributed by atoms with Crippen molar-refractivity contribution in [1.82, 2.24) is 5.32 Å². The van der Waals surface area contributed by atoms with Gasteiger partial charge in [-0.1, -0.05) is 114 Å². The van der Waals surface area contributed by atoms with Gasteiger partial charge in [0.2, 0.25) is 0 Å². The topological polar surface area (TPSA) is 59.6 Å². The predicted molar refractivity (Wildman–Crippen MR) is 168 cm³/mol. The van der Waals surface area contributed by atoms with E-state index in [1.54, 1.807) is 0 Å². The molecule has 0 heterocycles. The lowest BCUT2D eigenvalue weighted by Crippen LogP contribution is -2.42. The lowest BCUT2D eigenvalue weighted by Gasteiger charge is -2.36. The molecule has 3 nitrogen and oxygen atoms in total. The number of halogens is 1. The first-order chi connectivity index (χ1) is 18.8. The van der Waals surface area contributed by atoms with E-state index in [-0.39, 0.29) is 18.0 Å². The third-order valence-electron chi connectivity index (χ3n) is 7.47. The number of benzene rings is 4. The minimum Gasteiger partial charge on any atom is -0.305 e. The normalized spacial score (nSPS) is 13.6. The Morgan fingerprint density at radius 1 is 0.769 bits per heavy atom. The molecule has 0 aliphatic rings. The van der Waals surface area contributed by atoms with Crippen molar-refractivity contribution in [1.29, 1.82) is 10.5 Å². The highest BCUT2D eigenvalue weighted by atomic mass is 127. The lowest BCUT2D eigenvalue weighted by molar-refractivity contribution is 0.281. The van der Waals surface area contributed by atoms with Crippen molar-refractivity contribution < 1.29 is 0 Å². The molecule has 0 fully saturated rings. The average molecular weight is 624 g/mol. The molecule has 4 rings (SSSR count). The van der Waals surface area contributed by atoms with Crippen molar-refractivity contribution >= 4 is 22.6 Å². The molecular formula is C35H34IN3. The number of hydrogen-bond acceptors (Lipinski definition) is 3. The van der Waals surface area contributed by atoms with E-state index in [0.29, 0.717) is 5.56 Å². The predicted octanol–water partition coefficient (Wildman–Crippen LogP) is 8.76. The minimum absolute atomic E-state index is 0.0367. The Kier molecular flexibility index (Phi) is 9.57. The molecule has 0 saturated carbocycles. The summed E-state index contributed by atoms with van der Waals surface area (Å²) < 4.78 is 0.984. The molecule has 0 amide bonds. The average Bonchev–Trinajstić information content (AvgIpc) is 2.99. The molecular weight excluding hydrogens is 589 g/mol. The van der Waals surface area contributed by atoms with Crippen LogP contribution < -0.4 is 5.32 Å². The molecule has 4 heteroatoms. The first kappa shape index (κ1) is 28.6. The van der Waals surface area contributed by atoms with Gasteiger partial charge in [-0.05, 0) is 72.7 Å². The highest BCUT2D eigenvalue weighted by Gasteiger charge is 2.34. The van der Waals surface area contributed by atoms with Crippen LogP contribution >= 0.6 is 22.6 Å². The fraction of sp³-hybridized carbons (Fsp3) is 0.257. The van der Waals surface area contributed by atoms with Crippen LogP contribution in [-0.2, 0) is 10.8 Å². The second-order valence-corrected chi connectivity index (χ2v) is 11.5. The van der Waals surface area contributed by atoms with Gasteiger partial charge in [-0.25, -0.2) is 0 Å². The third kappa shape index (κ3) is 7.15. The minimum atomic E-state index is -0.635. The number of alkyl halides is 1.